The van der Waals surface area contributed by atoms with Gasteiger partial charge < -0.3 is 10.4 Å². The number of rotatable bonds is 5. The third-order valence-corrected chi connectivity index (χ3v) is 3.25. The Morgan fingerprint density at radius 1 is 1.13 bits per heavy atom. The highest BCUT2D eigenvalue weighted by atomic mass is 19.1. The van der Waals surface area contributed by atoms with E-state index in [9.17, 15) is 23.5 Å². The van der Waals surface area contributed by atoms with Crippen molar-refractivity contribution in [2.75, 3.05) is 0 Å². The first-order valence-electron chi connectivity index (χ1n) is 6.90. The number of aryl methyl sites for hydroxylation is 1. The predicted molar refractivity (Wildman–Crippen MR) is 80.1 cm³/mol. The molecular formula is C17H15F2NO3. The summed E-state index contributed by atoms with van der Waals surface area (Å²) < 4.78 is 26.3. The van der Waals surface area contributed by atoms with Crippen LogP contribution in [0.3, 0.4) is 0 Å². The Morgan fingerprint density at radius 2 is 1.78 bits per heavy atom. The van der Waals surface area contributed by atoms with Crippen molar-refractivity contribution in [3.63, 3.8) is 0 Å². The van der Waals surface area contributed by atoms with Gasteiger partial charge in [-0.15, -0.1) is 0 Å². The molecule has 0 heterocycles. The van der Waals surface area contributed by atoms with Crippen molar-refractivity contribution in [2.45, 2.75) is 19.4 Å². The van der Waals surface area contributed by atoms with Gasteiger partial charge in [0.1, 0.15) is 17.7 Å². The summed E-state index contributed by atoms with van der Waals surface area (Å²) in [6, 6.07) is 8.35. The van der Waals surface area contributed by atoms with Crippen LogP contribution in [0.1, 0.15) is 21.5 Å². The van der Waals surface area contributed by atoms with Crippen molar-refractivity contribution in [1.82, 2.24) is 5.32 Å². The van der Waals surface area contributed by atoms with E-state index in [2.05, 4.69) is 5.32 Å². The minimum Gasteiger partial charge on any atom is -0.480 e. The molecule has 2 rings (SSSR count). The largest absolute Gasteiger partial charge is 0.480 e. The number of nitrogens with one attached hydrogen (secondary N) is 1. The highest BCUT2D eigenvalue weighted by molar-refractivity contribution is 5.96. The van der Waals surface area contributed by atoms with E-state index in [0.29, 0.717) is 6.07 Å². The lowest BCUT2D eigenvalue weighted by Crippen LogP contribution is -2.42. The molecule has 0 aliphatic carbocycles. The van der Waals surface area contributed by atoms with Gasteiger partial charge in [-0.2, -0.15) is 0 Å². The molecule has 0 spiro atoms. The highest BCUT2D eigenvalue weighted by Gasteiger charge is 2.21. The Balaban J connectivity index is 2.15. The summed E-state index contributed by atoms with van der Waals surface area (Å²) in [6.07, 6.45) is 0.0700. The third kappa shape index (κ3) is 4.60. The van der Waals surface area contributed by atoms with E-state index >= 15 is 0 Å². The molecule has 0 aromatic heterocycles. The van der Waals surface area contributed by atoms with Crippen LogP contribution in [0.25, 0.3) is 0 Å². The van der Waals surface area contributed by atoms with Crippen molar-refractivity contribution in [3.05, 3.63) is 70.8 Å². The highest BCUT2D eigenvalue weighted by Crippen LogP contribution is 2.10. The van der Waals surface area contributed by atoms with Crippen LogP contribution in [-0.2, 0) is 11.2 Å². The summed E-state index contributed by atoms with van der Waals surface area (Å²) in [6.45, 7) is 1.87. The first-order valence-corrected chi connectivity index (χ1v) is 6.90. The number of halogens is 2. The fourth-order valence-electron chi connectivity index (χ4n) is 2.20. The van der Waals surface area contributed by atoms with Crippen LogP contribution < -0.4 is 5.32 Å². The van der Waals surface area contributed by atoms with E-state index in [1.807, 2.05) is 19.1 Å². The summed E-state index contributed by atoms with van der Waals surface area (Å²) in [5.41, 5.74) is 1.44. The van der Waals surface area contributed by atoms with E-state index in [1.165, 1.54) is 0 Å². The van der Waals surface area contributed by atoms with Crippen molar-refractivity contribution in [3.8, 4) is 0 Å². The van der Waals surface area contributed by atoms with Gasteiger partial charge in [-0.1, -0.05) is 29.8 Å². The number of carbonyl (C=O) groups is 2. The van der Waals surface area contributed by atoms with Gasteiger partial charge in [0.2, 0.25) is 0 Å². The van der Waals surface area contributed by atoms with Crippen LogP contribution in [0.15, 0.2) is 42.5 Å². The average Bonchev–Trinajstić information content (AvgIpc) is 2.45. The van der Waals surface area contributed by atoms with E-state index in [4.69, 9.17) is 0 Å². The maximum atomic E-state index is 13.1. The summed E-state index contributed by atoms with van der Waals surface area (Å²) in [7, 11) is 0. The number of hydrogen-bond donors (Lipinski definition) is 2. The number of hydrogen-bond acceptors (Lipinski definition) is 2. The Kier molecular flexibility index (Phi) is 5.05. The molecule has 0 aliphatic heterocycles. The summed E-state index contributed by atoms with van der Waals surface area (Å²) in [5.74, 6) is -3.87. The smallest absolute Gasteiger partial charge is 0.326 e. The van der Waals surface area contributed by atoms with E-state index in [-0.39, 0.29) is 12.0 Å². The van der Waals surface area contributed by atoms with Crippen LogP contribution >= 0.6 is 0 Å². The third-order valence-electron chi connectivity index (χ3n) is 3.25. The quantitative estimate of drug-likeness (QED) is 0.890. The van der Waals surface area contributed by atoms with Gasteiger partial charge in [0.05, 0.1) is 0 Å². The first kappa shape index (κ1) is 16.6. The molecule has 1 atom stereocenters. The number of aliphatic carboxylic acids is 1. The van der Waals surface area contributed by atoms with Crippen LogP contribution in [0.4, 0.5) is 8.78 Å². The van der Waals surface area contributed by atoms with Gasteiger partial charge in [0.15, 0.2) is 0 Å². The van der Waals surface area contributed by atoms with E-state index in [1.54, 1.807) is 12.1 Å². The number of carboxylic acids is 1. The van der Waals surface area contributed by atoms with Crippen molar-refractivity contribution in [1.29, 1.82) is 0 Å². The van der Waals surface area contributed by atoms with Gasteiger partial charge in [0, 0.05) is 18.1 Å². The van der Waals surface area contributed by atoms with Gasteiger partial charge in [-0.25, -0.2) is 13.6 Å². The molecule has 120 valence electrons. The molecule has 0 aliphatic rings. The Hall–Kier alpha value is -2.76. The summed E-state index contributed by atoms with van der Waals surface area (Å²) in [5, 5.41) is 11.5. The molecular weight excluding hydrogens is 304 g/mol. The normalized spacial score (nSPS) is 11.8. The molecule has 2 aromatic rings. The fourth-order valence-corrected chi connectivity index (χ4v) is 2.20. The minimum atomic E-state index is -1.23. The second-order valence-electron chi connectivity index (χ2n) is 5.22. The Labute approximate surface area is 131 Å². The molecule has 0 saturated carbocycles. The van der Waals surface area contributed by atoms with Gasteiger partial charge in [-0.3, -0.25) is 4.79 Å². The monoisotopic (exact) mass is 319 g/mol. The summed E-state index contributed by atoms with van der Waals surface area (Å²) in [4.78, 5) is 23.3. The van der Waals surface area contributed by atoms with Crippen molar-refractivity contribution >= 4 is 11.9 Å². The first-order chi connectivity index (χ1) is 10.8. The zero-order valence-electron chi connectivity index (χ0n) is 12.3. The zero-order chi connectivity index (χ0) is 17.0. The Bertz CT molecular complexity index is 726. The molecule has 4 nitrogen and oxygen atoms in total. The maximum Gasteiger partial charge on any atom is 0.326 e. The molecule has 0 radical (unpaired) electrons. The molecule has 1 amide bonds. The van der Waals surface area contributed by atoms with Crippen LogP contribution in [0.5, 0.6) is 0 Å². The lowest BCUT2D eigenvalue weighted by Gasteiger charge is -2.15. The standard InChI is InChI=1S/C17H15F2NO3/c1-10-3-2-4-11(5-10)6-15(17(22)23)20-16(21)12-7-13(18)9-14(19)8-12/h2-5,7-9,15H,6H2,1H3,(H,20,21)(H,22,23)/t15-/m1/s1. The van der Waals surface area contributed by atoms with Gasteiger partial charge >= 0.3 is 5.97 Å². The van der Waals surface area contributed by atoms with Crippen LogP contribution in [0, 0.1) is 18.6 Å². The van der Waals surface area contributed by atoms with Gasteiger partial charge in [0.25, 0.3) is 5.91 Å². The molecule has 23 heavy (non-hydrogen) atoms. The number of carboxylic acid groups (broad SMARTS) is 1. The van der Waals surface area contributed by atoms with Gasteiger partial charge in [-0.05, 0) is 24.6 Å². The second kappa shape index (κ2) is 7.00. The molecule has 6 heteroatoms. The molecule has 2 aromatic carbocycles. The molecule has 0 saturated heterocycles. The molecule has 0 fully saturated rings. The molecule has 0 bridgehead atoms. The van der Waals surface area contributed by atoms with Crippen molar-refractivity contribution < 1.29 is 23.5 Å². The second-order valence-corrected chi connectivity index (χ2v) is 5.22. The SMILES string of the molecule is Cc1cccc(C[C@@H](NC(=O)c2cc(F)cc(F)c2)C(=O)O)c1. The number of carbonyl (C=O) groups excluding carboxylic acids is 1. The fraction of sp³-hybridized carbons (Fsp3) is 0.176. The number of amides is 1. The van der Waals surface area contributed by atoms with E-state index < -0.39 is 29.6 Å². The lowest BCUT2D eigenvalue weighted by molar-refractivity contribution is -0.139. The zero-order valence-corrected chi connectivity index (χ0v) is 12.3. The average molecular weight is 319 g/mol. The number of benzene rings is 2. The summed E-state index contributed by atoms with van der Waals surface area (Å²) >= 11 is 0. The lowest BCUT2D eigenvalue weighted by atomic mass is 10.0. The predicted octanol–water partition coefficient (Wildman–Crippen LogP) is 2.70. The molecule has 0 unspecified atom stereocenters. The van der Waals surface area contributed by atoms with Crippen LogP contribution in [0.2, 0.25) is 0 Å². The minimum absolute atomic E-state index is 0.0700. The molecule has 2 N–H and O–H groups in total. The topological polar surface area (TPSA) is 66.4 Å². The van der Waals surface area contributed by atoms with Crippen molar-refractivity contribution in [2.24, 2.45) is 0 Å². The van der Waals surface area contributed by atoms with Crippen LogP contribution in [-0.4, -0.2) is 23.0 Å². The maximum absolute atomic E-state index is 13.1. The van der Waals surface area contributed by atoms with E-state index in [0.717, 1.165) is 23.3 Å². The Morgan fingerprint density at radius 3 is 2.35 bits per heavy atom.